The quantitative estimate of drug-likeness (QED) is 0.333. The normalized spacial score (nSPS) is 12.6. The topological polar surface area (TPSA) is 95.8 Å². The number of imidazole rings is 1. The van der Waals surface area contributed by atoms with Gasteiger partial charge in [-0.1, -0.05) is 29.4 Å². The van der Waals surface area contributed by atoms with Crippen LogP contribution in [0.1, 0.15) is 40.6 Å². The molecular formula is C24H24F3N5O2. The smallest absolute Gasteiger partial charge is 0.361 e. The second-order valence-corrected chi connectivity index (χ2v) is 8.03. The van der Waals surface area contributed by atoms with Crippen LogP contribution < -0.4 is 10.6 Å². The number of fused-ring (bicyclic) bond motifs is 1. The molecule has 2 aromatic heterocycles. The molecule has 10 heteroatoms. The maximum absolute atomic E-state index is 13.3. The number of carbonyl (C=O) groups excluding carboxylic acids is 1. The van der Waals surface area contributed by atoms with Crippen molar-refractivity contribution in [1.29, 1.82) is 0 Å². The van der Waals surface area contributed by atoms with Crippen LogP contribution in [0.5, 0.6) is 0 Å². The van der Waals surface area contributed by atoms with Crippen molar-refractivity contribution in [2.45, 2.75) is 38.9 Å². The molecule has 0 fully saturated rings. The van der Waals surface area contributed by atoms with E-state index in [9.17, 15) is 18.0 Å². The Morgan fingerprint density at radius 1 is 1.15 bits per heavy atom. The van der Waals surface area contributed by atoms with Crippen molar-refractivity contribution in [3.05, 3.63) is 76.7 Å². The van der Waals surface area contributed by atoms with Gasteiger partial charge >= 0.3 is 6.18 Å². The van der Waals surface area contributed by atoms with Gasteiger partial charge in [0.1, 0.15) is 5.76 Å². The standard InChI is InChI=1S/C24H24F3N5O2/c1-14-18(15(2)34-32-14)10-11-28-22(33)13-21(16-6-5-7-17(12-16)24(25,26)27)31-23-29-19-8-3-4-9-20(19)30-23/h3-9,12,21H,10-11,13H2,1-2H3,(H,28,33)(H2,29,30,31). The Bertz CT molecular complexity index is 1240. The number of nitrogens with zero attached hydrogens (tertiary/aromatic N) is 2. The summed E-state index contributed by atoms with van der Waals surface area (Å²) in [5, 5.41) is 9.82. The first-order valence-electron chi connectivity index (χ1n) is 10.8. The molecule has 0 radical (unpaired) electrons. The van der Waals surface area contributed by atoms with E-state index in [2.05, 4.69) is 25.8 Å². The van der Waals surface area contributed by atoms with Gasteiger partial charge in [-0.15, -0.1) is 0 Å². The number of carbonyl (C=O) groups is 1. The van der Waals surface area contributed by atoms with E-state index >= 15 is 0 Å². The fourth-order valence-electron chi connectivity index (χ4n) is 3.81. The molecule has 1 atom stereocenters. The van der Waals surface area contributed by atoms with E-state index in [0.29, 0.717) is 35.8 Å². The lowest BCUT2D eigenvalue weighted by molar-refractivity contribution is -0.137. The third kappa shape index (κ3) is 5.38. The van der Waals surface area contributed by atoms with E-state index in [1.165, 1.54) is 6.07 Å². The van der Waals surface area contributed by atoms with Crippen LogP contribution in [0.3, 0.4) is 0 Å². The number of amides is 1. The maximum atomic E-state index is 13.3. The largest absolute Gasteiger partial charge is 0.416 e. The number of alkyl halides is 3. The molecule has 2 heterocycles. The van der Waals surface area contributed by atoms with Gasteiger partial charge in [0.2, 0.25) is 11.9 Å². The molecule has 3 N–H and O–H groups in total. The Balaban J connectivity index is 1.51. The third-order valence-electron chi connectivity index (χ3n) is 5.58. The summed E-state index contributed by atoms with van der Waals surface area (Å²) < 4.78 is 45.0. The summed E-state index contributed by atoms with van der Waals surface area (Å²) in [4.78, 5) is 20.3. The Morgan fingerprint density at radius 2 is 1.94 bits per heavy atom. The summed E-state index contributed by atoms with van der Waals surface area (Å²) in [7, 11) is 0. The minimum atomic E-state index is -4.49. The SMILES string of the molecule is Cc1noc(C)c1CCNC(=O)CC(Nc1nc2ccccc2[nH]1)c1cccc(C(F)(F)F)c1. The average Bonchev–Trinajstić information content (AvgIpc) is 3.35. The second kappa shape index (κ2) is 9.58. The van der Waals surface area contributed by atoms with Crippen LogP contribution in [0.4, 0.5) is 19.1 Å². The molecular weight excluding hydrogens is 447 g/mol. The van der Waals surface area contributed by atoms with Crippen LogP contribution in [0.15, 0.2) is 53.1 Å². The number of aromatic amines is 1. The van der Waals surface area contributed by atoms with E-state index in [1.807, 2.05) is 31.2 Å². The number of hydrogen-bond acceptors (Lipinski definition) is 5. The summed E-state index contributed by atoms with van der Waals surface area (Å²) in [6.07, 6.45) is -4.03. The molecule has 34 heavy (non-hydrogen) atoms. The van der Waals surface area contributed by atoms with Crippen LogP contribution in [0, 0.1) is 13.8 Å². The number of benzene rings is 2. The van der Waals surface area contributed by atoms with Crippen molar-refractivity contribution in [3.8, 4) is 0 Å². The Labute approximate surface area is 193 Å². The van der Waals surface area contributed by atoms with E-state index in [0.717, 1.165) is 28.9 Å². The first-order chi connectivity index (χ1) is 16.2. The molecule has 2 aromatic carbocycles. The molecule has 0 saturated carbocycles. The number of H-pyrrole nitrogens is 1. The molecule has 1 amide bonds. The van der Waals surface area contributed by atoms with Gasteiger partial charge in [-0.2, -0.15) is 13.2 Å². The van der Waals surface area contributed by atoms with Gasteiger partial charge in [-0.25, -0.2) is 4.98 Å². The highest BCUT2D eigenvalue weighted by Crippen LogP contribution is 2.32. The van der Waals surface area contributed by atoms with Gasteiger partial charge in [0.15, 0.2) is 0 Å². The van der Waals surface area contributed by atoms with E-state index < -0.39 is 17.8 Å². The van der Waals surface area contributed by atoms with E-state index in [-0.39, 0.29) is 12.3 Å². The number of hydrogen-bond donors (Lipinski definition) is 3. The predicted octanol–water partition coefficient (Wildman–Crippen LogP) is 5.09. The summed E-state index contributed by atoms with van der Waals surface area (Å²) >= 11 is 0. The molecule has 0 aliphatic carbocycles. The Morgan fingerprint density at radius 3 is 2.65 bits per heavy atom. The monoisotopic (exact) mass is 471 g/mol. The van der Waals surface area contributed by atoms with Crippen LogP contribution in [0.2, 0.25) is 0 Å². The summed E-state index contributed by atoms with van der Waals surface area (Å²) in [6.45, 7) is 3.98. The number of aromatic nitrogens is 3. The van der Waals surface area contributed by atoms with Gasteiger partial charge in [0, 0.05) is 12.1 Å². The third-order valence-corrected chi connectivity index (χ3v) is 5.58. The van der Waals surface area contributed by atoms with Crippen LogP contribution in [-0.2, 0) is 17.4 Å². The minimum absolute atomic E-state index is 0.0834. The van der Waals surface area contributed by atoms with Gasteiger partial charge in [-0.05, 0) is 50.1 Å². The Kier molecular flexibility index (Phi) is 6.58. The zero-order chi connectivity index (χ0) is 24.3. The van der Waals surface area contributed by atoms with Crippen LogP contribution in [-0.4, -0.2) is 27.6 Å². The molecule has 0 bridgehead atoms. The van der Waals surface area contributed by atoms with Gasteiger partial charge in [0.05, 0.1) is 34.8 Å². The zero-order valence-electron chi connectivity index (χ0n) is 18.7. The molecule has 0 saturated heterocycles. The summed E-state index contributed by atoms with van der Waals surface area (Å²) in [5.41, 5.74) is 2.72. The molecule has 4 rings (SSSR count). The lowest BCUT2D eigenvalue weighted by Crippen LogP contribution is -2.29. The molecule has 0 aliphatic rings. The first kappa shape index (κ1) is 23.3. The van der Waals surface area contributed by atoms with Gasteiger partial charge in [0.25, 0.3) is 0 Å². The van der Waals surface area contributed by atoms with E-state index in [1.54, 1.807) is 13.0 Å². The number of halogens is 3. The second-order valence-electron chi connectivity index (χ2n) is 8.03. The minimum Gasteiger partial charge on any atom is -0.361 e. The highest BCUT2D eigenvalue weighted by atomic mass is 19.4. The molecule has 4 aromatic rings. The fourth-order valence-corrected chi connectivity index (χ4v) is 3.81. The predicted molar refractivity (Wildman–Crippen MR) is 121 cm³/mol. The van der Waals surface area contributed by atoms with Crippen molar-refractivity contribution in [3.63, 3.8) is 0 Å². The number of anilines is 1. The fraction of sp³-hybridized carbons (Fsp3) is 0.292. The van der Waals surface area contributed by atoms with Crippen LogP contribution >= 0.6 is 0 Å². The average molecular weight is 471 g/mol. The maximum Gasteiger partial charge on any atom is 0.416 e. The molecule has 178 valence electrons. The van der Waals surface area contributed by atoms with Crippen LogP contribution in [0.25, 0.3) is 11.0 Å². The van der Waals surface area contributed by atoms with Crippen molar-refractivity contribution in [1.82, 2.24) is 20.4 Å². The van der Waals surface area contributed by atoms with Gasteiger partial charge in [-0.3, -0.25) is 4.79 Å². The lowest BCUT2D eigenvalue weighted by Gasteiger charge is -2.20. The van der Waals surface area contributed by atoms with E-state index in [4.69, 9.17) is 4.52 Å². The lowest BCUT2D eigenvalue weighted by atomic mass is 10.0. The van der Waals surface area contributed by atoms with Crippen molar-refractivity contribution < 1.29 is 22.5 Å². The molecule has 1 unspecified atom stereocenters. The van der Waals surface area contributed by atoms with Gasteiger partial charge < -0.3 is 20.1 Å². The Hall–Kier alpha value is -3.82. The van der Waals surface area contributed by atoms with Crippen molar-refractivity contribution in [2.24, 2.45) is 0 Å². The highest BCUT2D eigenvalue weighted by Gasteiger charge is 2.31. The number of para-hydroxylation sites is 2. The zero-order valence-corrected chi connectivity index (χ0v) is 18.7. The number of nitrogens with one attached hydrogen (secondary N) is 3. The first-order valence-corrected chi connectivity index (χ1v) is 10.8. The van der Waals surface area contributed by atoms with Crippen molar-refractivity contribution in [2.75, 3.05) is 11.9 Å². The molecule has 0 aliphatic heterocycles. The number of aryl methyl sites for hydroxylation is 2. The highest BCUT2D eigenvalue weighted by molar-refractivity contribution is 5.79. The molecule has 0 spiro atoms. The summed E-state index contributed by atoms with van der Waals surface area (Å²) in [6, 6.07) is 11.6. The summed E-state index contributed by atoms with van der Waals surface area (Å²) in [5.74, 6) is 0.755. The van der Waals surface area contributed by atoms with Crippen molar-refractivity contribution >= 4 is 22.9 Å². The number of rotatable bonds is 8. The molecule has 7 nitrogen and oxygen atoms in total.